The van der Waals surface area contributed by atoms with Gasteiger partial charge >= 0.3 is 6.09 Å². The number of hydrogen-bond acceptors (Lipinski definition) is 4. The van der Waals surface area contributed by atoms with E-state index in [1.165, 1.54) is 6.20 Å². The SMILES string of the molecule is NC(=O)c1cnc2[nH]cc(-c3ccco3)c2c1C1=CCCC(NC(=O)O)C1. The molecular formula is C19H18N4O4. The van der Waals surface area contributed by atoms with Crippen LogP contribution in [-0.4, -0.2) is 33.1 Å². The van der Waals surface area contributed by atoms with Gasteiger partial charge in [0.1, 0.15) is 11.4 Å². The molecule has 27 heavy (non-hydrogen) atoms. The van der Waals surface area contributed by atoms with Crippen LogP contribution < -0.4 is 11.1 Å². The fraction of sp³-hybridized carbons (Fsp3) is 0.211. The molecular weight excluding hydrogens is 348 g/mol. The van der Waals surface area contributed by atoms with E-state index in [1.54, 1.807) is 18.5 Å². The van der Waals surface area contributed by atoms with E-state index in [9.17, 15) is 9.59 Å². The third-order valence-electron chi connectivity index (χ3n) is 4.77. The number of fused-ring (bicyclic) bond motifs is 1. The normalized spacial score (nSPS) is 16.9. The summed E-state index contributed by atoms with van der Waals surface area (Å²) in [6.45, 7) is 0. The van der Waals surface area contributed by atoms with E-state index in [0.29, 0.717) is 41.8 Å². The van der Waals surface area contributed by atoms with Crippen molar-refractivity contribution < 1.29 is 19.1 Å². The highest BCUT2D eigenvalue weighted by molar-refractivity contribution is 6.09. The van der Waals surface area contributed by atoms with E-state index in [1.807, 2.05) is 12.1 Å². The van der Waals surface area contributed by atoms with E-state index in [-0.39, 0.29) is 6.04 Å². The monoisotopic (exact) mass is 366 g/mol. The Balaban J connectivity index is 1.91. The van der Waals surface area contributed by atoms with Crippen LogP contribution in [-0.2, 0) is 0 Å². The van der Waals surface area contributed by atoms with Crippen LogP contribution in [0.1, 0.15) is 35.2 Å². The van der Waals surface area contributed by atoms with Crippen molar-refractivity contribution >= 4 is 28.6 Å². The zero-order valence-electron chi connectivity index (χ0n) is 14.4. The second-order valence-corrected chi connectivity index (χ2v) is 6.47. The number of carbonyl (C=O) groups excluding carboxylic acids is 1. The predicted molar refractivity (Wildman–Crippen MR) is 99.1 cm³/mol. The summed E-state index contributed by atoms with van der Waals surface area (Å²) < 4.78 is 5.53. The lowest BCUT2D eigenvalue weighted by Gasteiger charge is -2.24. The molecule has 0 bridgehead atoms. The number of carbonyl (C=O) groups is 2. The molecule has 5 N–H and O–H groups in total. The van der Waals surface area contributed by atoms with Crippen molar-refractivity contribution in [3.05, 3.63) is 48.0 Å². The Morgan fingerprint density at radius 3 is 2.96 bits per heavy atom. The van der Waals surface area contributed by atoms with Gasteiger partial charge in [0.15, 0.2) is 0 Å². The van der Waals surface area contributed by atoms with Crippen LogP contribution in [0.3, 0.4) is 0 Å². The standard InChI is InChI=1S/C19H18N4O4/c20-17(24)13-9-22-18-16(12(8-21-18)14-5-2-6-27-14)15(13)10-3-1-4-11(7-10)23-19(25)26/h2-3,5-6,8-9,11,23H,1,4,7H2,(H2,20,24)(H,21,22)(H,25,26). The van der Waals surface area contributed by atoms with Gasteiger partial charge in [-0.3, -0.25) is 4.79 Å². The summed E-state index contributed by atoms with van der Waals surface area (Å²) in [5.41, 5.74) is 8.85. The minimum Gasteiger partial charge on any atom is -0.465 e. The Morgan fingerprint density at radius 2 is 2.26 bits per heavy atom. The topological polar surface area (TPSA) is 134 Å². The highest BCUT2D eigenvalue weighted by Crippen LogP contribution is 2.38. The van der Waals surface area contributed by atoms with Crippen molar-refractivity contribution in [3.8, 4) is 11.3 Å². The molecule has 1 aliphatic rings. The number of hydrogen-bond donors (Lipinski definition) is 4. The summed E-state index contributed by atoms with van der Waals surface area (Å²) in [6, 6.07) is 3.39. The number of primary amides is 1. The van der Waals surface area contributed by atoms with Gasteiger partial charge in [0, 0.05) is 34.9 Å². The Bertz CT molecular complexity index is 1050. The number of amides is 2. The number of aromatic nitrogens is 2. The first-order valence-corrected chi connectivity index (χ1v) is 8.57. The molecule has 0 spiro atoms. The lowest BCUT2D eigenvalue weighted by Crippen LogP contribution is -2.35. The number of nitrogens with zero attached hydrogens (tertiary/aromatic N) is 1. The molecule has 1 atom stereocenters. The molecule has 4 rings (SSSR count). The van der Waals surface area contributed by atoms with Crippen molar-refractivity contribution in [2.75, 3.05) is 0 Å². The first kappa shape index (κ1) is 16.9. The maximum Gasteiger partial charge on any atom is 0.404 e. The van der Waals surface area contributed by atoms with E-state index >= 15 is 0 Å². The van der Waals surface area contributed by atoms with E-state index < -0.39 is 12.0 Å². The summed E-state index contributed by atoms with van der Waals surface area (Å²) >= 11 is 0. The zero-order chi connectivity index (χ0) is 19.0. The van der Waals surface area contributed by atoms with Gasteiger partial charge < -0.3 is 25.6 Å². The lowest BCUT2D eigenvalue weighted by molar-refractivity contribution is 0.0999. The van der Waals surface area contributed by atoms with Crippen molar-refractivity contribution in [3.63, 3.8) is 0 Å². The van der Waals surface area contributed by atoms with Crippen LogP contribution in [0.2, 0.25) is 0 Å². The molecule has 8 nitrogen and oxygen atoms in total. The molecule has 0 aromatic carbocycles. The summed E-state index contributed by atoms with van der Waals surface area (Å²) in [6.07, 6.45) is 7.64. The van der Waals surface area contributed by atoms with Gasteiger partial charge in [-0.2, -0.15) is 0 Å². The molecule has 3 heterocycles. The Labute approximate surface area is 154 Å². The van der Waals surface area contributed by atoms with E-state index in [4.69, 9.17) is 15.3 Å². The maximum absolute atomic E-state index is 12.1. The average Bonchev–Trinajstić information content (AvgIpc) is 3.29. The van der Waals surface area contributed by atoms with Crippen LogP contribution in [0.5, 0.6) is 0 Å². The van der Waals surface area contributed by atoms with Crippen LogP contribution in [0, 0.1) is 0 Å². The molecule has 0 aliphatic heterocycles. The molecule has 0 radical (unpaired) electrons. The first-order valence-electron chi connectivity index (χ1n) is 8.57. The van der Waals surface area contributed by atoms with E-state index in [0.717, 1.165) is 16.5 Å². The second kappa shape index (κ2) is 6.64. The number of rotatable bonds is 4. The number of aromatic amines is 1. The molecule has 1 unspecified atom stereocenters. The largest absolute Gasteiger partial charge is 0.465 e. The fourth-order valence-electron chi connectivity index (χ4n) is 3.65. The fourth-order valence-corrected chi connectivity index (χ4v) is 3.65. The van der Waals surface area contributed by atoms with Gasteiger partial charge in [-0.1, -0.05) is 6.08 Å². The molecule has 3 aromatic rings. The number of furan rings is 1. The number of nitrogens with one attached hydrogen (secondary N) is 2. The van der Waals surface area contributed by atoms with Gasteiger partial charge in [-0.05, 0) is 37.0 Å². The van der Waals surface area contributed by atoms with Crippen LogP contribution in [0.25, 0.3) is 27.9 Å². The summed E-state index contributed by atoms with van der Waals surface area (Å²) in [7, 11) is 0. The highest BCUT2D eigenvalue weighted by atomic mass is 16.4. The number of nitrogens with two attached hydrogens (primary N) is 1. The molecule has 0 saturated heterocycles. The van der Waals surface area contributed by atoms with Gasteiger partial charge in [0.05, 0.1) is 11.8 Å². The number of H-pyrrole nitrogens is 1. The van der Waals surface area contributed by atoms with Gasteiger partial charge in [0.2, 0.25) is 0 Å². The molecule has 2 amide bonds. The summed E-state index contributed by atoms with van der Waals surface area (Å²) in [4.78, 5) is 30.6. The first-order chi connectivity index (χ1) is 13.0. The van der Waals surface area contributed by atoms with Crippen LogP contribution in [0.4, 0.5) is 4.79 Å². The second-order valence-electron chi connectivity index (χ2n) is 6.47. The van der Waals surface area contributed by atoms with E-state index in [2.05, 4.69) is 15.3 Å². The van der Waals surface area contributed by atoms with Crippen LogP contribution in [0.15, 0.2) is 41.3 Å². The number of pyridine rings is 1. The number of carboxylic acid groups (broad SMARTS) is 1. The van der Waals surface area contributed by atoms with Crippen molar-refractivity contribution in [2.24, 2.45) is 5.73 Å². The molecule has 0 saturated carbocycles. The summed E-state index contributed by atoms with van der Waals surface area (Å²) in [5.74, 6) is 0.0581. The molecule has 8 heteroatoms. The lowest BCUT2D eigenvalue weighted by atomic mass is 9.86. The van der Waals surface area contributed by atoms with Crippen LogP contribution >= 0.6 is 0 Å². The maximum atomic E-state index is 12.1. The molecule has 1 aliphatic carbocycles. The minimum atomic E-state index is -1.06. The molecule has 3 aromatic heterocycles. The molecule has 0 fully saturated rings. The average molecular weight is 366 g/mol. The summed E-state index contributed by atoms with van der Waals surface area (Å²) in [5, 5.41) is 12.3. The minimum absolute atomic E-state index is 0.225. The van der Waals surface area contributed by atoms with Gasteiger partial charge in [0.25, 0.3) is 5.91 Å². The van der Waals surface area contributed by atoms with Gasteiger partial charge in [-0.15, -0.1) is 0 Å². The quantitative estimate of drug-likeness (QED) is 0.563. The smallest absolute Gasteiger partial charge is 0.404 e. The third kappa shape index (κ3) is 3.05. The Kier molecular flexibility index (Phi) is 4.15. The Hall–Kier alpha value is -3.55. The Morgan fingerprint density at radius 1 is 1.41 bits per heavy atom. The highest BCUT2D eigenvalue weighted by Gasteiger charge is 2.25. The zero-order valence-corrected chi connectivity index (χ0v) is 14.4. The third-order valence-corrected chi connectivity index (χ3v) is 4.77. The van der Waals surface area contributed by atoms with Crippen molar-refractivity contribution in [2.45, 2.75) is 25.3 Å². The van der Waals surface area contributed by atoms with Crippen molar-refractivity contribution in [1.82, 2.24) is 15.3 Å². The van der Waals surface area contributed by atoms with Gasteiger partial charge in [-0.25, -0.2) is 9.78 Å². The number of allylic oxidation sites excluding steroid dienone is 1. The molecule has 138 valence electrons. The van der Waals surface area contributed by atoms with Crippen molar-refractivity contribution in [1.29, 1.82) is 0 Å². The predicted octanol–water partition coefficient (Wildman–Crippen LogP) is 3.13.